The Morgan fingerprint density at radius 3 is 2.72 bits per heavy atom. The molecule has 0 bridgehead atoms. The molecule has 0 saturated heterocycles. The molecule has 18 heavy (non-hydrogen) atoms. The summed E-state index contributed by atoms with van der Waals surface area (Å²) in [6.07, 6.45) is 3.60. The molecule has 0 radical (unpaired) electrons. The van der Waals surface area contributed by atoms with Crippen LogP contribution in [0.5, 0.6) is 0 Å². The molecule has 0 saturated carbocycles. The highest BCUT2D eigenvalue weighted by Gasteiger charge is 2.08. The van der Waals surface area contributed by atoms with E-state index in [9.17, 15) is 4.79 Å². The molecule has 1 amide bonds. The molecule has 0 aliphatic heterocycles. The van der Waals surface area contributed by atoms with Crippen LogP contribution >= 0.6 is 0 Å². The van der Waals surface area contributed by atoms with Gasteiger partial charge >= 0.3 is 0 Å². The van der Waals surface area contributed by atoms with Gasteiger partial charge in [0, 0.05) is 13.0 Å². The minimum Gasteiger partial charge on any atom is -0.375 e. The molecular formula is C14H28N2O2. The van der Waals surface area contributed by atoms with Crippen LogP contribution in [0.15, 0.2) is 12.2 Å². The molecule has 0 aliphatic carbocycles. The standard InChI is InChI=1S/C14H28N2O2/c1-4-13(7-8-15)5-6-14(17)16-9-10-18-11-12(2)3/h13H,2,4-11,15H2,1,3H3,(H,16,17). The lowest BCUT2D eigenvalue weighted by molar-refractivity contribution is -0.121. The first-order valence-electron chi connectivity index (χ1n) is 6.79. The van der Waals surface area contributed by atoms with Crippen LogP contribution in [0.1, 0.15) is 39.5 Å². The fourth-order valence-corrected chi connectivity index (χ4v) is 1.72. The van der Waals surface area contributed by atoms with Crippen molar-refractivity contribution in [1.29, 1.82) is 0 Å². The minimum atomic E-state index is 0.101. The number of hydrogen-bond donors (Lipinski definition) is 2. The van der Waals surface area contributed by atoms with Crippen LogP contribution in [0.4, 0.5) is 0 Å². The van der Waals surface area contributed by atoms with Crippen LogP contribution in [0.3, 0.4) is 0 Å². The molecule has 0 rings (SSSR count). The van der Waals surface area contributed by atoms with E-state index < -0.39 is 0 Å². The van der Waals surface area contributed by atoms with Gasteiger partial charge in [0.2, 0.25) is 5.91 Å². The lowest BCUT2D eigenvalue weighted by Gasteiger charge is -2.13. The highest BCUT2D eigenvalue weighted by atomic mass is 16.5. The molecule has 0 heterocycles. The summed E-state index contributed by atoms with van der Waals surface area (Å²) in [6, 6.07) is 0. The second-order valence-electron chi connectivity index (χ2n) is 4.75. The van der Waals surface area contributed by atoms with Crippen molar-refractivity contribution in [2.24, 2.45) is 11.7 Å². The predicted octanol–water partition coefficient (Wildman–Crippen LogP) is 1.85. The monoisotopic (exact) mass is 256 g/mol. The van der Waals surface area contributed by atoms with Crippen LogP contribution in [0.25, 0.3) is 0 Å². The number of amides is 1. The highest BCUT2D eigenvalue weighted by molar-refractivity contribution is 5.75. The van der Waals surface area contributed by atoms with Gasteiger partial charge in [-0.25, -0.2) is 0 Å². The molecule has 1 unspecified atom stereocenters. The molecule has 106 valence electrons. The van der Waals surface area contributed by atoms with Gasteiger partial charge in [0.15, 0.2) is 0 Å². The summed E-state index contributed by atoms with van der Waals surface area (Å²) in [7, 11) is 0. The Morgan fingerprint density at radius 2 is 2.17 bits per heavy atom. The number of rotatable bonds is 11. The number of carbonyl (C=O) groups is 1. The lowest BCUT2D eigenvalue weighted by atomic mass is 9.96. The van der Waals surface area contributed by atoms with Gasteiger partial charge in [-0.15, -0.1) is 0 Å². The lowest BCUT2D eigenvalue weighted by Crippen LogP contribution is -2.27. The maximum Gasteiger partial charge on any atom is 0.220 e. The minimum absolute atomic E-state index is 0.101. The zero-order valence-electron chi connectivity index (χ0n) is 11.8. The summed E-state index contributed by atoms with van der Waals surface area (Å²) in [6.45, 7) is 10.2. The molecular weight excluding hydrogens is 228 g/mol. The number of nitrogens with one attached hydrogen (secondary N) is 1. The SMILES string of the molecule is C=C(C)COCCNC(=O)CCC(CC)CCN. The van der Waals surface area contributed by atoms with Crippen LogP contribution in [-0.2, 0) is 9.53 Å². The summed E-state index contributed by atoms with van der Waals surface area (Å²) < 4.78 is 5.30. The molecule has 4 heteroatoms. The van der Waals surface area contributed by atoms with Crippen molar-refractivity contribution in [2.75, 3.05) is 26.3 Å². The molecule has 3 N–H and O–H groups in total. The quantitative estimate of drug-likeness (QED) is 0.438. The second-order valence-corrected chi connectivity index (χ2v) is 4.75. The second kappa shape index (κ2) is 11.2. The van der Waals surface area contributed by atoms with E-state index in [-0.39, 0.29) is 5.91 Å². The Labute approximate surface area is 111 Å². The van der Waals surface area contributed by atoms with Gasteiger partial charge in [0.05, 0.1) is 13.2 Å². The smallest absolute Gasteiger partial charge is 0.220 e. The van der Waals surface area contributed by atoms with Gasteiger partial charge in [-0.2, -0.15) is 0 Å². The van der Waals surface area contributed by atoms with E-state index >= 15 is 0 Å². The van der Waals surface area contributed by atoms with E-state index in [1.165, 1.54) is 0 Å². The van der Waals surface area contributed by atoms with Crippen molar-refractivity contribution >= 4 is 5.91 Å². The van der Waals surface area contributed by atoms with E-state index in [4.69, 9.17) is 10.5 Å². The van der Waals surface area contributed by atoms with Gasteiger partial charge in [-0.3, -0.25) is 4.79 Å². The van der Waals surface area contributed by atoms with E-state index in [0.29, 0.717) is 38.6 Å². The van der Waals surface area contributed by atoms with Gasteiger partial charge in [-0.05, 0) is 32.2 Å². The van der Waals surface area contributed by atoms with E-state index in [1.54, 1.807) is 0 Å². The first kappa shape index (κ1) is 17.1. The van der Waals surface area contributed by atoms with Crippen LogP contribution in [0, 0.1) is 5.92 Å². The third-order valence-corrected chi connectivity index (χ3v) is 2.85. The van der Waals surface area contributed by atoms with E-state index in [1.807, 2.05) is 6.92 Å². The first-order chi connectivity index (χ1) is 8.60. The Balaban J connectivity index is 3.50. The Kier molecular flexibility index (Phi) is 10.7. The molecule has 1 atom stereocenters. The molecule has 0 aromatic rings. The normalized spacial score (nSPS) is 12.2. The van der Waals surface area contributed by atoms with Crippen molar-refractivity contribution in [3.63, 3.8) is 0 Å². The van der Waals surface area contributed by atoms with Crippen molar-refractivity contribution in [2.45, 2.75) is 39.5 Å². The van der Waals surface area contributed by atoms with Crippen LogP contribution in [-0.4, -0.2) is 32.2 Å². The average molecular weight is 256 g/mol. The molecule has 0 spiro atoms. The zero-order valence-corrected chi connectivity index (χ0v) is 11.8. The van der Waals surface area contributed by atoms with Crippen molar-refractivity contribution < 1.29 is 9.53 Å². The largest absolute Gasteiger partial charge is 0.375 e. The van der Waals surface area contributed by atoms with E-state index in [0.717, 1.165) is 24.8 Å². The zero-order chi connectivity index (χ0) is 13.8. The van der Waals surface area contributed by atoms with Crippen LogP contribution < -0.4 is 11.1 Å². The summed E-state index contributed by atoms with van der Waals surface area (Å²) in [5.41, 5.74) is 6.52. The Bertz CT molecular complexity index is 242. The molecule has 0 aliphatic rings. The highest BCUT2D eigenvalue weighted by Crippen LogP contribution is 2.14. The maximum absolute atomic E-state index is 11.5. The molecule has 0 fully saturated rings. The summed E-state index contributed by atoms with van der Waals surface area (Å²) in [4.78, 5) is 11.5. The molecule has 0 aromatic heterocycles. The summed E-state index contributed by atoms with van der Waals surface area (Å²) in [5, 5.41) is 2.85. The van der Waals surface area contributed by atoms with Gasteiger partial charge in [0.1, 0.15) is 0 Å². The van der Waals surface area contributed by atoms with Gasteiger partial charge < -0.3 is 15.8 Å². The summed E-state index contributed by atoms with van der Waals surface area (Å²) in [5.74, 6) is 0.671. The number of nitrogens with two attached hydrogens (primary N) is 1. The van der Waals surface area contributed by atoms with Crippen molar-refractivity contribution in [3.05, 3.63) is 12.2 Å². The first-order valence-corrected chi connectivity index (χ1v) is 6.79. The van der Waals surface area contributed by atoms with Gasteiger partial charge in [0.25, 0.3) is 0 Å². The Hall–Kier alpha value is -0.870. The third-order valence-electron chi connectivity index (χ3n) is 2.85. The summed E-state index contributed by atoms with van der Waals surface area (Å²) >= 11 is 0. The number of hydrogen-bond acceptors (Lipinski definition) is 3. The van der Waals surface area contributed by atoms with Crippen molar-refractivity contribution in [1.82, 2.24) is 5.32 Å². The number of carbonyl (C=O) groups excluding carboxylic acids is 1. The third kappa shape index (κ3) is 10.3. The molecule has 0 aromatic carbocycles. The average Bonchev–Trinajstić information content (AvgIpc) is 2.33. The predicted molar refractivity (Wildman–Crippen MR) is 75.3 cm³/mol. The number of ether oxygens (including phenoxy) is 1. The van der Waals surface area contributed by atoms with Crippen molar-refractivity contribution in [3.8, 4) is 0 Å². The fraction of sp³-hybridized carbons (Fsp3) is 0.786. The maximum atomic E-state index is 11.5. The van der Waals surface area contributed by atoms with E-state index in [2.05, 4.69) is 18.8 Å². The topological polar surface area (TPSA) is 64.3 Å². The molecule has 4 nitrogen and oxygen atoms in total. The van der Waals surface area contributed by atoms with Crippen LogP contribution in [0.2, 0.25) is 0 Å². The Morgan fingerprint density at radius 1 is 1.44 bits per heavy atom. The van der Waals surface area contributed by atoms with Gasteiger partial charge in [-0.1, -0.05) is 25.5 Å². The fourth-order valence-electron chi connectivity index (χ4n) is 1.72.